The van der Waals surface area contributed by atoms with Crippen molar-refractivity contribution in [1.82, 2.24) is 5.32 Å². The van der Waals surface area contributed by atoms with Crippen molar-refractivity contribution in [2.45, 2.75) is 11.1 Å². The van der Waals surface area contributed by atoms with Gasteiger partial charge in [0, 0.05) is 11.4 Å². The summed E-state index contributed by atoms with van der Waals surface area (Å²) in [5.74, 6) is 0.569. The Bertz CT molecular complexity index is 430. The molecule has 2 aliphatic heterocycles. The number of hydrogen-bond acceptors (Lipinski definition) is 4. The monoisotopic (exact) mass is 236 g/mol. The summed E-state index contributed by atoms with van der Waals surface area (Å²) < 4.78 is 5.53. The second-order valence-corrected chi connectivity index (χ2v) is 4.81. The summed E-state index contributed by atoms with van der Waals surface area (Å²) in [6.45, 7) is 1.62. The summed E-state index contributed by atoms with van der Waals surface area (Å²) in [6.07, 6.45) is -0.0332. The van der Waals surface area contributed by atoms with Crippen molar-refractivity contribution >= 4 is 23.4 Å². The largest absolute Gasteiger partial charge is 0.358 e. The molecule has 1 saturated heterocycles. The van der Waals surface area contributed by atoms with E-state index in [0.717, 1.165) is 29.3 Å². The maximum atomic E-state index is 11.3. The smallest absolute Gasteiger partial charge is 0.234 e. The molecule has 2 N–H and O–H groups in total. The number of hydrogen-bond donors (Lipinski definition) is 2. The number of carbonyl (C=O) groups is 1. The molecule has 0 saturated carbocycles. The Kier molecular flexibility index (Phi) is 2.59. The van der Waals surface area contributed by atoms with E-state index in [2.05, 4.69) is 10.6 Å². The van der Waals surface area contributed by atoms with E-state index in [0.29, 0.717) is 5.75 Å². The first-order valence-electron chi connectivity index (χ1n) is 5.24. The Balaban J connectivity index is 1.91. The Morgan fingerprint density at radius 3 is 3.19 bits per heavy atom. The Hall–Kier alpha value is -1.04. The first-order valence-corrected chi connectivity index (χ1v) is 6.23. The van der Waals surface area contributed by atoms with Crippen LogP contribution in [0.15, 0.2) is 23.1 Å². The molecule has 1 unspecified atom stereocenters. The molecule has 2 heterocycles. The molecule has 0 aliphatic carbocycles. The van der Waals surface area contributed by atoms with Crippen molar-refractivity contribution in [1.29, 1.82) is 0 Å². The van der Waals surface area contributed by atoms with Crippen molar-refractivity contribution in [3.63, 3.8) is 0 Å². The first kappa shape index (κ1) is 10.1. The lowest BCUT2D eigenvalue weighted by molar-refractivity contribution is -0.113. The number of nitrogens with one attached hydrogen (secondary N) is 2. The van der Waals surface area contributed by atoms with Gasteiger partial charge in [-0.1, -0.05) is 6.07 Å². The van der Waals surface area contributed by atoms with E-state index in [1.165, 1.54) is 0 Å². The molecule has 16 heavy (non-hydrogen) atoms. The van der Waals surface area contributed by atoms with Crippen LogP contribution in [0.4, 0.5) is 5.69 Å². The molecular weight excluding hydrogens is 224 g/mol. The van der Waals surface area contributed by atoms with Gasteiger partial charge in [-0.2, -0.15) is 0 Å². The van der Waals surface area contributed by atoms with Gasteiger partial charge in [-0.25, -0.2) is 0 Å². The van der Waals surface area contributed by atoms with Gasteiger partial charge in [-0.3, -0.25) is 10.1 Å². The fourth-order valence-electron chi connectivity index (χ4n) is 1.90. The van der Waals surface area contributed by atoms with E-state index in [9.17, 15) is 4.79 Å². The van der Waals surface area contributed by atoms with Crippen LogP contribution in [0.5, 0.6) is 0 Å². The maximum absolute atomic E-state index is 11.3. The zero-order chi connectivity index (χ0) is 11.0. The number of benzene rings is 1. The zero-order valence-electron chi connectivity index (χ0n) is 8.66. The van der Waals surface area contributed by atoms with E-state index < -0.39 is 0 Å². The number of thioether (sulfide) groups is 1. The molecule has 0 aromatic heterocycles. The van der Waals surface area contributed by atoms with Crippen molar-refractivity contribution < 1.29 is 9.53 Å². The average Bonchev–Trinajstić information content (AvgIpc) is 2.81. The normalized spacial score (nSPS) is 24.0. The third-order valence-electron chi connectivity index (χ3n) is 2.66. The van der Waals surface area contributed by atoms with Gasteiger partial charge < -0.3 is 10.1 Å². The lowest BCUT2D eigenvalue weighted by Crippen LogP contribution is -2.20. The van der Waals surface area contributed by atoms with Crippen LogP contribution in [0.1, 0.15) is 11.8 Å². The highest BCUT2D eigenvalue weighted by Gasteiger charge is 2.20. The second-order valence-electron chi connectivity index (χ2n) is 3.80. The minimum atomic E-state index is -0.0332. The molecule has 3 rings (SSSR count). The molecular formula is C11H12N2O2S. The third kappa shape index (κ3) is 1.81. The quantitative estimate of drug-likeness (QED) is 0.773. The van der Waals surface area contributed by atoms with Crippen LogP contribution >= 0.6 is 11.8 Å². The number of amides is 1. The topological polar surface area (TPSA) is 50.4 Å². The summed E-state index contributed by atoms with van der Waals surface area (Å²) >= 11 is 1.57. The Morgan fingerprint density at radius 1 is 1.44 bits per heavy atom. The minimum Gasteiger partial charge on any atom is -0.358 e. The van der Waals surface area contributed by atoms with E-state index >= 15 is 0 Å². The molecule has 1 fully saturated rings. The molecule has 0 radical (unpaired) electrons. The molecule has 1 atom stereocenters. The van der Waals surface area contributed by atoms with Crippen LogP contribution in [-0.2, 0) is 9.53 Å². The van der Waals surface area contributed by atoms with Gasteiger partial charge in [0.1, 0.15) is 6.23 Å². The van der Waals surface area contributed by atoms with Crippen LogP contribution in [0.3, 0.4) is 0 Å². The number of rotatable bonds is 1. The molecule has 1 amide bonds. The van der Waals surface area contributed by atoms with E-state index in [4.69, 9.17) is 4.74 Å². The van der Waals surface area contributed by atoms with Gasteiger partial charge in [0.05, 0.1) is 18.0 Å². The summed E-state index contributed by atoms with van der Waals surface area (Å²) in [7, 11) is 0. The zero-order valence-corrected chi connectivity index (χ0v) is 9.47. The van der Waals surface area contributed by atoms with Crippen LogP contribution in [0, 0.1) is 0 Å². The highest BCUT2D eigenvalue weighted by Crippen LogP contribution is 2.33. The second kappa shape index (κ2) is 4.08. The van der Waals surface area contributed by atoms with Crippen LogP contribution in [0.25, 0.3) is 0 Å². The fraction of sp³-hybridized carbons (Fsp3) is 0.364. The van der Waals surface area contributed by atoms with Crippen molar-refractivity contribution in [2.75, 3.05) is 24.2 Å². The minimum absolute atomic E-state index is 0.0332. The number of carbonyl (C=O) groups excluding carboxylic acids is 1. The third-order valence-corrected chi connectivity index (χ3v) is 3.73. The molecule has 1 aromatic rings. The van der Waals surface area contributed by atoms with Crippen LogP contribution < -0.4 is 10.6 Å². The van der Waals surface area contributed by atoms with Gasteiger partial charge in [0.15, 0.2) is 0 Å². The summed E-state index contributed by atoms with van der Waals surface area (Å²) in [5, 5.41) is 6.13. The predicted octanol–water partition coefficient (Wildman–Crippen LogP) is 1.35. The SMILES string of the molecule is O=C1CSc2ccc(C3NCCO3)cc2N1. The molecule has 0 spiro atoms. The van der Waals surface area contributed by atoms with E-state index in [-0.39, 0.29) is 12.1 Å². The van der Waals surface area contributed by atoms with Gasteiger partial charge in [0.2, 0.25) is 5.91 Å². The Labute approximate surface area is 97.7 Å². The van der Waals surface area contributed by atoms with Gasteiger partial charge in [-0.05, 0) is 17.7 Å². The summed E-state index contributed by atoms with van der Waals surface area (Å²) in [5.41, 5.74) is 1.97. The lowest BCUT2D eigenvalue weighted by Gasteiger charge is -2.18. The van der Waals surface area contributed by atoms with Gasteiger partial charge in [-0.15, -0.1) is 11.8 Å². The number of fused-ring (bicyclic) bond motifs is 1. The highest BCUT2D eigenvalue weighted by molar-refractivity contribution is 8.00. The Morgan fingerprint density at radius 2 is 2.38 bits per heavy atom. The highest BCUT2D eigenvalue weighted by atomic mass is 32.2. The van der Waals surface area contributed by atoms with E-state index in [1.54, 1.807) is 11.8 Å². The molecule has 1 aromatic carbocycles. The number of anilines is 1. The van der Waals surface area contributed by atoms with Crippen molar-refractivity contribution in [3.05, 3.63) is 23.8 Å². The summed E-state index contributed by atoms with van der Waals surface area (Å²) in [6, 6.07) is 6.08. The standard InChI is InChI=1S/C11H12N2O2S/c14-10-6-16-9-2-1-7(5-8(9)13-10)11-12-3-4-15-11/h1-2,5,11-12H,3-4,6H2,(H,13,14). The summed E-state index contributed by atoms with van der Waals surface area (Å²) in [4.78, 5) is 12.4. The molecule has 2 aliphatic rings. The van der Waals surface area contributed by atoms with E-state index in [1.807, 2.05) is 18.2 Å². The maximum Gasteiger partial charge on any atom is 0.234 e. The molecule has 84 valence electrons. The lowest BCUT2D eigenvalue weighted by atomic mass is 10.1. The molecule has 5 heteroatoms. The average molecular weight is 236 g/mol. The van der Waals surface area contributed by atoms with Crippen molar-refractivity contribution in [2.24, 2.45) is 0 Å². The molecule has 4 nitrogen and oxygen atoms in total. The molecule has 0 bridgehead atoms. The van der Waals surface area contributed by atoms with Gasteiger partial charge in [0.25, 0.3) is 0 Å². The van der Waals surface area contributed by atoms with Crippen LogP contribution in [0.2, 0.25) is 0 Å². The fourth-order valence-corrected chi connectivity index (χ4v) is 2.69. The predicted molar refractivity (Wildman–Crippen MR) is 62.5 cm³/mol. The van der Waals surface area contributed by atoms with Crippen LogP contribution in [-0.4, -0.2) is 24.8 Å². The number of ether oxygens (including phenoxy) is 1. The van der Waals surface area contributed by atoms with Gasteiger partial charge >= 0.3 is 0 Å². The van der Waals surface area contributed by atoms with Crippen molar-refractivity contribution in [3.8, 4) is 0 Å². The first-order chi connectivity index (χ1) is 7.83.